The summed E-state index contributed by atoms with van der Waals surface area (Å²) in [7, 11) is 0. The highest BCUT2D eigenvalue weighted by Gasteiger charge is 2.10. The lowest BCUT2D eigenvalue weighted by Gasteiger charge is -2.13. The van der Waals surface area contributed by atoms with Gasteiger partial charge >= 0.3 is 11.9 Å². The SMILES string of the molecule is C=CC(=O)OCCc1ccc2c3ccc(CCOC(=O)C=C)cc3c3ccccc3c2c1. The van der Waals surface area contributed by atoms with Gasteiger partial charge < -0.3 is 9.47 Å². The normalized spacial score (nSPS) is 10.9. The number of fused-ring (bicyclic) bond motifs is 6. The van der Waals surface area contributed by atoms with Crippen LogP contribution < -0.4 is 0 Å². The average Bonchev–Trinajstić information content (AvgIpc) is 2.83. The van der Waals surface area contributed by atoms with Crippen molar-refractivity contribution in [3.05, 3.63) is 97.1 Å². The van der Waals surface area contributed by atoms with Crippen molar-refractivity contribution in [1.29, 1.82) is 0 Å². The Hall–Kier alpha value is -3.92. The number of benzene rings is 4. The summed E-state index contributed by atoms with van der Waals surface area (Å²) < 4.78 is 10.3. The molecule has 0 aliphatic rings. The molecule has 0 amide bonds. The molecule has 160 valence electrons. The summed E-state index contributed by atoms with van der Waals surface area (Å²) in [6, 6.07) is 21.2. The molecule has 0 atom stereocenters. The van der Waals surface area contributed by atoms with Gasteiger partial charge in [0.2, 0.25) is 0 Å². The zero-order valence-corrected chi connectivity index (χ0v) is 17.8. The first-order valence-electron chi connectivity index (χ1n) is 10.5. The second-order valence-corrected chi connectivity index (χ2v) is 7.55. The van der Waals surface area contributed by atoms with Gasteiger partial charge in [0, 0.05) is 25.0 Å². The predicted octanol–water partition coefficient (Wildman–Crippen LogP) is 5.69. The Morgan fingerprint density at radius 3 is 1.44 bits per heavy atom. The van der Waals surface area contributed by atoms with E-state index < -0.39 is 11.9 Å². The summed E-state index contributed by atoms with van der Waals surface area (Å²) in [5, 5.41) is 7.05. The van der Waals surface area contributed by atoms with Gasteiger partial charge in [-0.05, 0) is 43.4 Å². The topological polar surface area (TPSA) is 52.6 Å². The van der Waals surface area contributed by atoms with Crippen molar-refractivity contribution in [2.45, 2.75) is 12.8 Å². The van der Waals surface area contributed by atoms with Crippen LogP contribution in [0.15, 0.2) is 86.0 Å². The Labute approximate surface area is 186 Å². The van der Waals surface area contributed by atoms with Crippen LogP contribution in [0.3, 0.4) is 0 Å². The third-order valence-corrected chi connectivity index (χ3v) is 5.57. The van der Waals surface area contributed by atoms with Crippen LogP contribution in [0.25, 0.3) is 32.3 Å². The molecule has 4 heteroatoms. The zero-order chi connectivity index (χ0) is 22.5. The van der Waals surface area contributed by atoms with E-state index in [1.165, 1.54) is 44.5 Å². The van der Waals surface area contributed by atoms with Gasteiger partial charge in [0.25, 0.3) is 0 Å². The summed E-state index contributed by atoms with van der Waals surface area (Å²) in [6.45, 7) is 7.49. The smallest absolute Gasteiger partial charge is 0.330 e. The highest BCUT2D eigenvalue weighted by atomic mass is 16.5. The van der Waals surface area contributed by atoms with Crippen LogP contribution >= 0.6 is 0 Å². The molecular formula is C28H24O4. The fourth-order valence-electron chi connectivity index (χ4n) is 4.02. The molecule has 0 spiro atoms. The Balaban J connectivity index is 1.73. The molecule has 0 saturated carbocycles. The van der Waals surface area contributed by atoms with E-state index in [0.29, 0.717) is 26.1 Å². The summed E-state index contributed by atoms with van der Waals surface area (Å²) >= 11 is 0. The Kier molecular flexibility index (Phi) is 6.31. The standard InChI is InChI=1S/C28H24O4/c1-3-27(29)31-15-13-19-9-11-23-24-12-10-20(14-16-32-28(30)4-2)18-26(24)22-8-6-5-7-21(22)25(23)17-19/h3-12,17-18H,1-2,13-16H2. The highest BCUT2D eigenvalue weighted by molar-refractivity contribution is 6.25. The van der Waals surface area contributed by atoms with Crippen LogP contribution in [-0.2, 0) is 31.9 Å². The van der Waals surface area contributed by atoms with Crippen LogP contribution in [0.1, 0.15) is 11.1 Å². The summed E-state index contributed by atoms with van der Waals surface area (Å²) in [5.41, 5.74) is 2.22. The van der Waals surface area contributed by atoms with E-state index in [9.17, 15) is 9.59 Å². The minimum atomic E-state index is -0.405. The van der Waals surface area contributed by atoms with Crippen LogP contribution in [0.5, 0.6) is 0 Å². The van der Waals surface area contributed by atoms with E-state index in [1.807, 2.05) is 12.1 Å². The molecule has 0 radical (unpaired) electrons. The zero-order valence-electron chi connectivity index (χ0n) is 17.8. The molecule has 32 heavy (non-hydrogen) atoms. The van der Waals surface area contributed by atoms with E-state index in [-0.39, 0.29) is 0 Å². The van der Waals surface area contributed by atoms with Crippen molar-refractivity contribution in [1.82, 2.24) is 0 Å². The molecule has 4 aromatic rings. The molecule has 0 bridgehead atoms. The fraction of sp³-hybridized carbons (Fsp3) is 0.143. The quantitative estimate of drug-likeness (QED) is 0.207. The minimum Gasteiger partial charge on any atom is -0.462 e. The van der Waals surface area contributed by atoms with Gasteiger partial charge in [-0.25, -0.2) is 9.59 Å². The molecule has 0 saturated heterocycles. The van der Waals surface area contributed by atoms with Crippen molar-refractivity contribution in [2.75, 3.05) is 13.2 Å². The number of carbonyl (C=O) groups excluding carboxylic acids is 2. The predicted molar refractivity (Wildman–Crippen MR) is 129 cm³/mol. The van der Waals surface area contributed by atoms with Crippen LogP contribution in [0, 0.1) is 0 Å². The molecule has 0 aromatic heterocycles. The molecule has 0 N–H and O–H groups in total. The van der Waals surface area contributed by atoms with Gasteiger partial charge in [-0.1, -0.05) is 73.8 Å². The van der Waals surface area contributed by atoms with Crippen molar-refractivity contribution < 1.29 is 19.1 Å². The van der Waals surface area contributed by atoms with Gasteiger partial charge in [0.05, 0.1) is 13.2 Å². The summed E-state index contributed by atoms with van der Waals surface area (Å²) in [5.74, 6) is -0.811. The lowest BCUT2D eigenvalue weighted by molar-refractivity contribution is -0.138. The monoisotopic (exact) mass is 424 g/mol. The molecule has 4 nitrogen and oxygen atoms in total. The number of hydrogen-bond donors (Lipinski definition) is 0. The second-order valence-electron chi connectivity index (χ2n) is 7.55. The lowest BCUT2D eigenvalue weighted by Crippen LogP contribution is -2.04. The molecule has 0 heterocycles. The molecule has 4 rings (SSSR count). The molecule has 0 fully saturated rings. The molecule has 0 aliphatic carbocycles. The largest absolute Gasteiger partial charge is 0.462 e. The maximum absolute atomic E-state index is 11.3. The first kappa shape index (κ1) is 21.3. The van der Waals surface area contributed by atoms with E-state index in [0.717, 1.165) is 11.1 Å². The maximum Gasteiger partial charge on any atom is 0.330 e. The number of rotatable bonds is 8. The average molecular weight is 424 g/mol. The van der Waals surface area contributed by atoms with Crippen molar-refractivity contribution in [3.63, 3.8) is 0 Å². The van der Waals surface area contributed by atoms with Crippen molar-refractivity contribution >= 4 is 44.3 Å². The van der Waals surface area contributed by atoms with Gasteiger partial charge in [0.1, 0.15) is 0 Å². The number of carbonyl (C=O) groups is 2. The van der Waals surface area contributed by atoms with Gasteiger partial charge in [0.15, 0.2) is 0 Å². The third-order valence-electron chi connectivity index (χ3n) is 5.57. The lowest BCUT2D eigenvalue weighted by atomic mass is 9.91. The highest BCUT2D eigenvalue weighted by Crippen LogP contribution is 2.36. The fourth-order valence-corrected chi connectivity index (χ4v) is 4.02. The van der Waals surface area contributed by atoms with E-state index in [2.05, 4.69) is 61.7 Å². The molecular weight excluding hydrogens is 400 g/mol. The number of esters is 2. The second kappa shape index (κ2) is 9.48. The van der Waals surface area contributed by atoms with Gasteiger partial charge in [-0.2, -0.15) is 0 Å². The summed E-state index contributed by atoms with van der Waals surface area (Å²) in [4.78, 5) is 22.6. The molecule has 0 aliphatic heterocycles. The van der Waals surface area contributed by atoms with E-state index >= 15 is 0 Å². The summed E-state index contributed by atoms with van der Waals surface area (Å²) in [6.07, 6.45) is 3.64. The molecule has 0 unspecified atom stereocenters. The minimum absolute atomic E-state index is 0.321. The Bertz CT molecular complexity index is 1230. The number of ether oxygens (including phenoxy) is 2. The Morgan fingerprint density at radius 1 is 0.625 bits per heavy atom. The Morgan fingerprint density at radius 2 is 1.03 bits per heavy atom. The van der Waals surface area contributed by atoms with Crippen LogP contribution in [-0.4, -0.2) is 25.2 Å². The van der Waals surface area contributed by atoms with Crippen LogP contribution in [0.2, 0.25) is 0 Å². The third kappa shape index (κ3) is 4.40. The maximum atomic E-state index is 11.3. The van der Waals surface area contributed by atoms with Gasteiger partial charge in [-0.3, -0.25) is 0 Å². The first-order valence-corrected chi connectivity index (χ1v) is 10.5. The first-order chi connectivity index (χ1) is 15.6. The van der Waals surface area contributed by atoms with Crippen LogP contribution in [0.4, 0.5) is 0 Å². The van der Waals surface area contributed by atoms with Crippen molar-refractivity contribution in [2.24, 2.45) is 0 Å². The molecule has 4 aromatic carbocycles. The van der Waals surface area contributed by atoms with Gasteiger partial charge in [-0.15, -0.1) is 0 Å². The van der Waals surface area contributed by atoms with E-state index in [4.69, 9.17) is 9.47 Å². The van der Waals surface area contributed by atoms with Crippen molar-refractivity contribution in [3.8, 4) is 0 Å². The van der Waals surface area contributed by atoms with E-state index in [1.54, 1.807) is 0 Å². The number of hydrogen-bond acceptors (Lipinski definition) is 4.